The lowest BCUT2D eigenvalue weighted by Gasteiger charge is -2.36. The van der Waals surface area contributed by atoms with Gasteiger partial charge in [-0.15, -0.1) is 0 Å². The predicted molar refractivity (Wildman–Crippen MR) is 79.9 cm³/mol. The number of nitrogens with zero attached hydrogens (tertiary/aromatic N) is 1. The molecular weight excluding hydrogens is 282 g/mol. The first-order chi connectivity index (χ1) is 10.6. The van der Waals surface area contributed by atoms with E-state index in [9.17, 15) is 9.59 Å². The van der Waals surface area contributed by atoms with Crippen molar-refractivity contribution in [2.24, 2.45) is 11.3 Å². The van der Waals surface area contributed by atoms with Crippen LogP contribution >= 0.6 is 0 Å². The zero-order chi connectivity index (χ0) is 15.7. The van der Waals surface area contributed by atoms with Gasteiger partial charge in [0.2, 0.25) is 5.91 Å². The van der Waals surface area contributed by atoms with Gasteiger partial charge in [-0.3, -0.25) is 4.79 Å². The van der Waals surface area contributed by atoms with Crippen molar-refractivity contribution in [3.63, 3.8) is 0 Å². The Morgan fingerprint density at radius 1 is 1.41 bits per heavy atom. The van der Waals surface area contributed by atoms with Gasteiger partial charge in [0.05, 0.1) is 24.0 Å². The molecule has 0 N–H and O–H groups in total. The average Bonchev–Trinajstić information content (AvgIpc) is 2.88. The number of carbonyl (C=O) groups is 2. The fraction of sp³-hybridized carbons (Fsp3) is 0.529. The molecule has 4 atom stereocenters. The number of ether oxygens (including phenoxy) is 2. The van der Waals surface area contributed by atoms with Gasteiger partial charge in [0, 0.05) is 20.1 Å². The van der Waals surface area contributed by atoms with Crippen LogP contribution in [0.2, 0.25) is 0 Å². The number of rotatable bonds is 4. The summed E-state index contributed by atoms with van der Waals surface area (Å²) in [5, 5.41) is 0. The van der Waals surface area contributed by atoms with E-state index < -0.39 is 17.6 Å². The first-order valence-corrected chi connectivity index (χ1v) is 7.57. The van der Waals surface area contributed by atoms with Crippen molar-refractivity contribution in [3.05, 3.63) is 35.9 Å². The molecule has 118 valence electrons. The molecule has 1 aromatic rings. The molecule has 5 nitrogen and oxygen atoms in total. The Balaban J connectivity index is 1.87. The van der Waals surface area contributed by atoms with Gasteiger partial charge in [-0.05, 0) is 12.5 Å². The molecule has 1 unspecified atom stereocenters. The Morgan fingerprint density at radius 3 is 2.77 bits per heavy atom. The highest BCUT2D eigenvalue weighted by Crippen LogP contribution is 2.45. The van der Waals surface area contributed by atoms with Crippen molar-refractivity contribution in [2.45, 2.75) is 25.7 Å². The van der Waals surface area contributed by atoms with Gasteiger partial charge in [0.15, 0.2) is 6.29 Å². The second-order valence-corrected chi connectivity index (χ2v) is 6.16. The molecular formula is C17H21NO4. The monoisotopic (exact) mass is 303 g/mol. The predicted octanol–water partition coefficient (Wildman–Crippen LogP) is 1.78. The third-order valence-electron chi connectivity index (χ3n) is 4.98. The second-order valence-electron chi connectivity index (χ2n) is 6.16. The number of amides is 1. The SMILES string of the molecule is COC1C[C@@]2(C=O)CN([C@H](C)c3ccccc3)C(=O)[C@@H]2CO1. The zero-order valence-electron chi connectivity index (χ0n) is 12.9. The summed E-state index contributed by atoms with van der Waals surface area (Å²) in [6.45, 7) is 2.67. The average molecular weight is 303 g/mol. The Morgan fingerprint density at radius 2 is 2.14 bits per heavy atom. The Hall–Kier alpha value is -1.72. The van der Waals surface area contributed by atoms with Gasteiger partial charge in [0.1, 0.15) is 6.29 Å². The molecule has 2 aliphatic heterocycles. The molecule has 0 aromatic heterocycles. The van der Waals surface area contributed by atoms with Gasteiger partial charge in [-0.2, -0.15) is 0 Å². The Labute approximate surface area is 130 Å². The van der Waals surface area contributed by atoms with E-state index >= 15 is 0 Å². The van der Waals surface area contributed by atoms with Gasteiger partial charge in [-0.1, -0.05) is 30.3 Å². The van der Waals surface area contributed by atoms with Crippen molar-refractivity contribution in [1.29, 1.82) is 0 Å². The largest absolute Gasteiger partial charge is 0.356 e. The zero-order valence-corrected chi connectivity index (χ0v) is 12.9. The van der Waals surface area contributed by atoms with Gasteiger partial charge in [-0.25, -0.2) is 0 Å². The number of benzene rings is 1. The highest BCUT2D eigenvalue weighted by molar-refractivity contribution is 5.88. The number of methoxy groups -OCH3 is 1. The number of carbonyl (C=O) groups excluding carboxylic acids is 2. The van der Waals surface area contributed by atoms with Crippen LogP contribution in [0.1, 0.15) is 24.9 Å². The van der Waals surface area contributed by atoms with Gasteiger partial charge >= 0.3 is 0 Å². The molecule has 0 saturated carbocycles. The summed E-state index contributed by atoms with van der Waals surface area (Å²) in [7, 11) is 1.56. The van der Waals surface area contributed by atoms with Crippen molar-refractivity contribution in [2.75, 3.05) is 20.3 Å². The van der Waals surface area contributed by atoms with Crippen LogP contribution in [0, 0.1) is 11.3 Å². The molecule has 3 rings (SSSR count). The fourth-order valence-corrected chi connectivity index (χ4v) is 3.53. The first kappa shape index (κ1) is 15.2. The lowest BCUT2D eigenvalue weighted by Crippen LogP contribution is -2.45. The van der Waals surface area contributed by atoms with Crippen LogP contribution in [0.25, 0.3) is 0 Å². The molecule has 0 radical (unpaired) electrons. The van der Waals surface area contributed by atoms with Crippen LogP contribution in [-0.4, -0.2) is 43.6 Å². The standard InChI is InChI=1S/C17H21NO4/c1-12(13-6-4-3-5-7-13)18-10-17(11-19)8-15(21-2)22-9-14(17)16(18)20/h3-7,11-12,14-15H,8-10H2,1-2H3/t12-,14+,15?,17+/m1/s1. The minimum Gasteiger partial charge on any atom is -0.356 e. The summed E-state index contributed by atoms with van der Waals surface area (Å²) in [4.78, 5) is 26.3. The van der Waals surface area contributed by atoms with E-state index in [1.807, 2.05) is 37.3 Å². The summed E-state index contributed by atoms with van der Waals surface area (Å²) in [6, 6.07) is 9.81. The van der Waals surface area contributed by atoms with Crippen molar-refractivity contribution in [1.82, 2.24) is 4.90 Å². The molecule has 0 bridgehead atoms. The number of fused-ring (bicyclic) bond motifs is 1. The van der Waals surface area contributed by atoms with E-state index in [1.54, 1.807) is 12.0 Å². The smallest absolute Gasteiger partial charge is 0.229 e. The minimum atomic E-state index is -0.695. The van der Waals surface area contributed by atoms with E-state index in [0.717, 1.165) is 11.8 Å². The molecule has 2 fully saturated rings. The summed E-state index contributed by atoms with van der Waals surface area (Å²) in [5.74, 6) is -0.402. The second kappa shape index (κ2) is 5.82. The summed E-state index contributed by atoms with van der Waals surface area (Å²) >= 11 is 0. The van der Waals surface area contributed by atoms with Crippen LogP contribution in [0.4, 0.5) is 0 Å². The minimum absolute atomic E-state index is 0.00185. The highest BCUT2D eigenvalue weighted by atomic mass is 16.7. The topological polar surface area (TPSA) is 55.8 Å². The molecule has 1 amide bonds. The van der Waals surface area contributed by atoms with Crippen LogP contribution in [0.15, 0.2) is 30.3 Å². The Kier molecular flexibility index (Phi) is 4.02. The van der Waals surface area contributed by atoms with E-state index in [-0.39, 0.29) is 18.6 Å². The fourth-order valence-electron chi connectivity index (χ4n) is 3.53. The normalized spacial score (nSPS) is 32.6. The lowest BCUT2D eigenvalue weighted by molar-refractivity contribution is -0.191. The van der Waals surface area contributed by atoms with Crippen LogP contribution in [0.5, 0.6) is 0 Å². The lowest BCUT2D eigenvalue weighted by atomic mass is 9.75. The maximum Gasteiger partial charge on any atom is 0.229 e. The van der Waals surface area contributed by atoms with Crippen molar-refractivity contribution in [3.8, 4) is 0 Å². The molecule has 2 heterocycles. The first-order valence-electron chi connectivity index (χ1n) is 7.57. The summed E-state index contributed by atoms with van der Waals surface area (Å²) < 4.78 is 10.8. The van der Waals surface area contributed by atoms with Crippen LogP contribution < -0.4 is 0 Å². The van der Waals surface area contributed by atoms with E-state index in [1.165, 1.54) is 0 Å². The number of hydrogen-bond donors (Lipinski definition) is 0. The third kappa shape index (κ3) is 2.34. The molecule has 5 heteroatoms. The summed E-state index contributed by atoms with van der Waals surface area (Å²) in [5.41, 5.74) is 0.374. The maximum absolute atomic E-state index is 12.8. The molecule has 2 aliphatic rings. The van der Waals surface area contributed by atoms with Crippen molar-refractivity contribution < 1.29 is 19.1 Å². The van der Waals surface area contributed by atoms with Crippen molar-refractivity contribution >= 4 is 12.2 Å². The van der Waals surface area contributed by atoms with E-state index in [4.69, 9.17) is 9.47 Å². The van der Waals surface area contributed by atoms with Gasteiger partial charge in [0.25, 0.3) is 0 Å². The third-order valence-corrected chi connectivity index (χ3v) is 4.98. The van der Waals surface area contributed by atoms with Gasteiger partial charge < -0.3 is 19.2 Å². The highest BCUT2D eigenvalue weighted by Gasteiger charge is 2.56. The quantitative estimate of drug-likeness (QED) is 0.796. The van der Waals surface area contributed by atoms with Crippen LogP contribution in [-0.2, 0) is 19.1 Å². The molecule has 0 aliphatic carbocycles. The maximum atomic E-state index is 12.8. The number of likely N-dealkylation sites (tertiary alicyclic amines) is 1. The molecule has 2 saturated heterocycles. The number of aldehydes is 1. The molecule has 1 aromatic carbocycles. The number of hydrogen-bond acceptors (Lipinski definition) is 4. The molecule has 0 spiro atoms. The summed E-state index contributed by atoms with van der Waals surface area (Å²) in [6.07, 6.45) is 0.949. The van der Waals surface area contributed by atoms with E-state index in [2.05, 4.69) is 0 Å². The Bertz CT molecular complexity index is 561. The molecule has 22 heavy (non-hydrogen) atoms. The van der Waals surface area contributed by atoms with E-state index in [0.29, 0.717) is 13.0 Å². The van der Waals surface area contributed by atoms with Crippen LogP contribution in [0.3, 0.4) is 0 Å².